The molecule has 1 fully saturated rings. The van der Waals surface area contributed by atoms with Crippen LogP contribution < -0.4 is 5.32 Å². The standard InChI is InChI=1S/C17H35N3O/c1-6-9-16-18-15(13-14(4)5)17(21)20(16)12-11-19(8-3)10-7-2/h14-16,18H,6-13H2,1-5H3. The van der Waals surface area contributed by atoms with Gasteiger partial charge in [-0.25, -0.2) is 0 Å². The Kier molecular flexibility index (Phi) is 8.27. The molecule has 124 valence electrons. The van der Waals surface area contributed by atoms with Crippen molar-refractivity contribution < 1.29 is 4.79 Å². The topological polar surface area (TPSA) is 35.6 Å². The average molecular weight is 297 g/mol. The van der Waals surface area contributed by atoms with Crippen molar-refractivity contribution in [2.45, 2.75) is 72.5 Å². The van der Waals surface area contributed by atoms with Crippen LogP contribution in [-0.4, -0.2) is 54.1 Å². The molecule has 0 aromatic heterocycles. The van der Waals surface area contributed by atoms with E-state index in [2.05, 4.69) is 49.7 Å². The molecule has 1 saturated heterocycles. The van der Waals surface area contributed by atoms with Crippen molar-refractivity contribution in [2.24, 2.45) is 5.92 Å². The molecule has 1 amide bonds. The summed E-state index contributed by atoms with van der Waals surface area (Å²) in [6.07, 6.45) is 4.53. The Bertz CT molecular complexity index is 306. The van der Waals surface area contributed by atoms with Gasteiger partial charge >= 0.3 is 0 Å². The first-order valence-corrected chi connectivity index (χ1v) is 8.82. The van der Waals surface area contributed by atoms with Crippen LogP contribution in [0.4, 0.5) is 0 Å². The van der Waals surface area contributed by atoms with Gasteiger partial charge in [0.2, 0.25) is 5.91 Å². The van der Waals surface area contributed by atoms with Crippen LogP contribution in [0.5, 0.6) is 0 Å². The number of rotatable bonds is 10. The number of carbonyl (C=O) groups excluding carboxylic acids is 1. The molecule has 21 heavy (non-hydrogen) atoms. The molecule has 0 saturated carbocycles. The Balaban J connectivity index is 2.60. The number of carbonyl (C=O) groups is 1. The normalized spacial score (nSPS) is 22.8. The van der Waals surface area contributed by atoms with Gasteiger partial charge in [0.25, 0.3) is 0 Å². The summed E-state index contributed by atoms with van der Waals surface area (Å²) in [4.78, 5) is 17.2. The van der Waals surface area contributed by atoms with Gasteiger partial charge in [0.05, 0.1) is 12.2 Å². The lowest BCUT2D eigenvalue weighted by Gasteiger charge is -2.27. The van der Waals surface area contributed by atoms with Gasteiger partial charge in [-0.3, -0.25) is 10.1 Å². The summed E-state index contributed by atoms with van der Waals surface area (Å²) in [6, 6.07) is 0.0304. The van der Waals surface area contributed by atoms with Crippen LogP contribution in [0.15, 0.2) is 0 Å². The molecule has 1 rings (SSSR count). The smallest absolute Gasteiger partial charge is 0.241 e. The molecule has 0 spiro atoms. The minimum atomic E-state index is 0.0304. The largest absolute Gasteiger partial charge is 0.325 e. The summed E-state index contributed by atoms with van der Waals surface area (Å²) in [7, 11) is 0. The summed E-state index contributed by atoms with van der Waals surface area (Å²) < 4.78 is 0. The number of nitrogens with zero attached hydrogens (tertiary/aromatic N) is 2. The van der Waals surface area contributed by atoms with Gasteiger partial charge in [0, 0.05) is 13.1 Å². The second-order valence-corrected chi connectivity index (χ2v) is 6.62. The van der Waals surface area contributed by atoms with Crippen LogP contribution in [0.2, 0.25) is 0 Å². The number of nitrogens with one attached hydrogen (secondary N) is 1. The third-order valence-corrected chi connectivity index (χ3v) is 4.26. The Hall–Kier alpha value is -0.610. The zero-order chi connectivity index (χ0) is 15.8. The fourth-order valence-electron chi connectivity index (χ4n) is 3.16. The van der Waals surface area contributed by atoms with E-state index in [1.807, 2.05) is 0 Å². The van der Waals surface area contributed by atoms with Crippen LogP contribution in [0.25, 0.3) is 0 Å². The van der Waals surface area contributed by atoms with Crippen LogP contribution in [0.1, 0.15) is 60.3 Å². The van der Waals surface area contributed by atoms with Crippen molar-refractivity contribution in [1.29, 1.82) is 0 Å². The van der Waals surface area contributed by atoms with E-state index in [4.69, 9.17) is 0 Å². The zero-order valence-corrected chi connectivity index (χ0v) is 14.7. The summed E-state index contributed by atoms with van der Waals surface area (Å²) >= 11 is 0. The average Bonchev–Trinajstić information content (AvgIpc) is 2.71. The maximum Gasteiger partial charge on any atom is 0.241 e. The molecule has 0 bridgehead atoms. The Morgan fingerprint density at radius 1 is 1.19 bits per heavy atom. The molecule has 2 unspecified atom stereocenters. The van der Waals surface area contributed by atoms with E-state index in [0.29, 0.717) is 11.8 Å². The molecule has 1 aliphatic rings. The van der Waals surface area contributed by atoms with E-state index in [1.54, 1.807) is 0 Å². The Labute approximate surface area is 131 Å². The summed E-state index contributed by atoms with van der Waals surface area (Å²) in [5.41, 5.74) is 0. The van der Waals surface area contributed by atoms with Gasteiger partial charge in [-0.05, 0) is 38.3 Å². The minimum absolute atomic E-state index is 0.0304. The highest BCUT2D eigenvalue weighted by molar-refractivity contribution is 5.84. The Morgan fingerprint density at radius 2 is 1.90 bits per heavy atom. The molecular formula is C17H35N3O. The van der Waals surface area contributed by atoms with E-state index in [-0.39, 0.29) is 12.2 Å². The van der Waals surface area contributed by atoms with Crippen molar-refractivity contribution in [3.05, 3.63) is 0 Å². The first-order chi connectivity index (χ1) is 10.0. The maximum absolute atomic E-state index is 12.6. The molecule has 2 atom stereocenters. The van der Waals surface area contributed by atoms with Crippen molar-refractivity contribution in [3.63, 3.8) is 0 Å². The highest BCUT2D eigenvalue weighted by atomic mass is 16.2. The molecule has 4 nitrogen and oxygen atoms in total. The van der Waals surface area contributed by atoms with Crippen molar-refractivity contribution in [2.75, 3.05) is 26.2 Å². The van der Waals surface area contributed by atoms with Gasteiger partial charge in [-0.15, -0.1) is 0 Å². The lowest BCUT2D eigenvalue weighted by molar-refractivity contribution is -0.130. The van der Waals surface area contributed by atoms with Gasteiger partial charge in [0.1, 0.15) is 0 Å². The van der Waals surface area contributed by atoms with E-state index in [1.165, 1.54) is 6.42 Å². The molecule has 1 N–H and O–H groups in total. The van der Waals surface area contributed by atoms with E-state index in [0.717, 1.165) is 45.4 Å². The lowest BCUT2D eigenvalue weighted by atomic mass is 10.0. The van der Waals surface area contributed by atoms with Crippen molar-refractivity contribution >= 4 is 5.91 Å². The quantitative estimate of drug-likeness (QED) is 0.673. The maximum atomic E-state index is 12.6. The van der Waals surface area contributed by atoms with Gasteiger partial charge in [0.15, 0.2) is 0 Å². The molecule has 1 heterocycles. The van der Waals surface area contributed by atoms with E-state index < -0.39 is 0 Å². The fraction of sp³-hybridized carbons (Fsp3) is 0.941. The SMILES string of the molecule is CCCC1NC(CC(C)C)C(=O)N1CCN(CC)CCC. The van der Waals surface area contributed by atoms with Crippen molar-refractivity contribution in [3.8, 4) is 0 Å². The number of amides is 1. The highest BCUT2D eigenvalue weighted by Gasteiger charge is 2.37. The molecule has 1 aliphatic heterocycles. The first kappa shape index (κ1) is 18.4. The van der Waals surface area contributed by atoms with Crippen LogP contribution in [0, 0.1) is 5.92 Å². The van der Waals surface area contributed by atoms with Crippen LogP contribution >= 0.6 is 0 Å². The number of hydrogen-bond acceptors (Lipinski definition) is 3. The summed E-state index contributed by atoms with van der Waals surface area (Å²) in [6.45, 7) is 15.0. The third-order valence-electron chi connectivity index (χ3n) is 4.26. The monoisotopic (exact) mass is 297 g/mol. The Morgan fingerprint density at radius 3 is 2.43 bits per heavy atom. The highest BCUT2D eigenvalue weighted by Crippen LogP contribution is 2.19. The van der Waals surface area contributed by atoms with Crippen LogP contribution in [0.3, 0.4) is 0 Å². The fourth-order valence-corrected chi connectivity index (χ4v) is 3.16. The molecule has 0 aromatic carbocycles. The third kappa shape index (κ3) is 5.59. The lowest BCUT2D eigenvalue weighted by Crippen LogP contribution is -2.42. The van der Waals surface area contributed by atoms with Crippen molar-refractivity contribution in [1.82, 2.24) is 15.1 Å². The molecule has 4 heteroatoms. The predicted octanol–water partition coefficient (Wildman–Crippen LogP) is 2.69. The van der Waals surface area contributed by atoms with E-state index >= 15 is 0 Å². The van der Waals surface area contributed by atoms with Gasteiger partial charge in [-0.2, -0.15) is 0 Å². The molecule has 0 aromatic rings. The van der Waals surface area contributed by atoms with Crippen LogP contribution in [-0.2, 0) is 4.79 Å². The predicted molar refractivity (Wildman–Crippen MR) is 89.2 cm³/mol. The van der Waals surface area contributed by atoms with Gasteiger partial charge < -0.3 is 9.80 Å². The minimum Gasteiger partial charge on any atom is -0.325 e. The van der Waals surface area contributed by atoms with Gasteiger partial charge in [-0.1, -0.05) is 41.0 Å². The molecular weight excluding hydrogens is 262 g/mol. The zero-order valence-electron chi connectivity index (χ0n) is 14.7. The number of hydrogen-bond donors (Lipinski definition) is 1. The first-order valence-electron chi connectivity index (χ1n) is 8.82. The number of likely N-dealkylation sites (N-methyl/N-ethyl adjacent to an activating group) is 1. The second kappa shape index (κ2) is 9.42. The summed E-state index contributed by atoms with van der Waals surface area (Å²) in [5, 5.41) is 3.55. The summed E-state index contributed by atoms with van der Waals surface area (Å²) in [5.74, 6) is 0.871. The van der Waals surface area contributed by atoms with E-state index in [9.17, 15) is 4.79 Å². The molecule has 0 aliphatic carbocycles. The second-order valence-electron chi connectivity index (χ2n) is 6.62. The molecule has 0 radical (unpaired) electrons.